The van der Waals surface area contributed by atoms with Gasteiger partial charge < -0.3 is 9.67 Å². The summed E-state index contributed by atoms with van der Waals surface area (Å²) < 4.78 is 2.04. The predicted molar refractivity (Wildman–Crippen MR) is 50.4 cm³/mol. The van der Waals surface area contributed by atoms with E-state index in [9.17, 15) is 5.11 Å². The topological polar surface area (TPSA) is 38.0 Å². The van der Waals surface area contributed by atoms with Crippen LogP contribution in [-0.2, 0) is 6.54 Å². The van der Waals surface area contributed by atoms with Gasteiger partial charge in [0.2, 0.25) is 0 Å². The summed E-state index contributed by atoms with van der Waals surface area (Å²) in [7, 11) is 0. The first kappa shape index (κ1) is 8.75. The second-order valence-corrected chi connectivity index (χ2v) is 3.97. The lowest BCUT2D eigenvalue weighted by atomic mass is 10.2. The molecule has 1 saturated carbocycles. The summed E-state index contributed by atoms with van der Waals surface area (Å²) in [5.74, 6) is 0.544. The van der Waals surface area contributed by atoms with Gasteiger partial charge in [0.05, 0.1) is 24.7 Å². The number of hydrogen-bond donors (Lipinski definition) is 1. The highest BCUT2D eigenvalue weighted by molar-refractivity contribution is 5.08. The van der Waals surface area contributed by atoms with E-state index in [0.29, 0.717) is 12.5 Å². The molecule has 1 fully saturated rings. The summed E-state index contributed by atoms with van der Waals surface area (Å²) >= 11 is 0. The number of imidazole rings is 1. The van der Waals surface area contributed by atoms with Crippen LogP contribution in [0.4, 0.5) is 0 Å². The van der Waals surface area contributed by atoms with Gasteiger partial charge in [-0.1, -0.05) is 0 Å². The fourth-order valence-electron chi connectivity index (χ4n) is 1.56. The summed E-state index contributed by atoms with van der Waals surface area (Å²) in [6.07, 6.45) is 4.02. The van der Waals surface area contributed by atoms with Crippen molar-refractivity contribution >= 4 is 0 Å². The monoisotopic (exact) mass is 180 g/mol. The van der Waals surface area contributed by atoms with Crippen LogP contribution in [0.25, 0.3) is 0 Å². The van der Waals surface area contributed by atoms with Gasteiger partial charge in [-0.15, -0.1) is 0 Å². The van der Waals surface area contributed by atoms with E-state index in [1.165, 1.54) is 18.5 Å². The quantitative estimate of drug-likeness (QED) is 0.760. The zero-order valence-corrected chi connectivity index (χ0v) is 8.20. The second kappa shape index (κ2) is 3.14. The van der Waals surface area contributed by atoms with Crippen molar-refractivity contribution in [3.05, 3.63) is 17.7 Å². The van der Waals surface area contributed by atoms with Crippen LogP contribution in [0.2, 0.25) is 0 Å². The minimum Gasteiger partial charge on any atom is -0.391 e. The van der Waals surface area contributed by atoms with Crippen LogP contribution < -0.4 is 0 Å². The second-order valence-electron chi connectivity index (χ2n) is 3.97. The van der Waals surface area contributed by atoms with E-state index in [4.69, 9.17) is 0 Å². The zero-order valence-electron chi connectivity index (χ0n) is 8.20. The third-order valence-electron chi connectivity index (χ3n) is 2.90. The van der Waals surface area contributed by atoms with Gasteiger partial charge in [-0.2, -0.15) is 0 Å². The van der Waals surface area contributed by atoms with E-state index in [1.807, 2.05) is 24.7 Å². The Morgan fingerprint density at radius 1 is 1.62 bits per heavy atom. The number of aliphatic hydroxyl groups excluding tert-OH is 1. The summed E-state index contributed by atoms with van der Waals surface area (Å²) in [4.78, 5) is 4.20. The summed E-state index contributed by atoms with van der Waals surface area (Å²) in [5, 5.41) is 9.73. The van der Waals surface area contributed by atoms with E-state index < -0.39 is 0 Å². The minimum atomic E-state index is -0.174. The van der Waals surface area contributed by atoms with Gasteiger partial charge in [-0.25, -0.2) is 4.98 Å². The van der Waals surface area contributed by atoms with Gasteiger partial charge in [-0.05, 0) is 32.6 Å². The smallest absolute Gasteiger partial charge is 0.0952 e. The highest BCUT2D eigenvalue weighted by Crippen LogP contribution is 2.33. The molecule has 1 aromatic rings. The molecule has 1 aromatic heterocycles. The molecule has 0 amide bonds. The van der Waals surface area contributed by atoms with E-state index in [2.05, 4.69) is 4.98 Å². The first-order valence-electron chi connectivity index (χ1n) is 4.85. The maximum atomic E-state index is 9.73. The number of aromatic nitrogens is 2. The number of aliphatic hydroxyl groups is 1. The van der Waals surface area contributed by atoms with E-state index >= 15 is 0 Å². The molecule has 1 heterocycles. The van der Waals surface area contributed by atoms with Crippen molar-refractivity contribution in [2.75, 3.05) is 0 Å². The van der Waals surface area contributed by atoms with Gasteiger partial charge in [-0.3, -0.25) is 0 Å². The van der Waals surface area contributed by atoms with Crippen LogP contribution in [0.5, 0.6) is 0 Å². The van der Waals surface area contributed by atoms with Gasteiger partial charge in [0.25, 0.3) is 0 Å². The lowest BCUT2D eigenvalue weighted by Gasteiger charge is -2.11. The van der Waals surface area contributed by atoms with Crippen molar-refractivity contribution in [3.63, 3.8) is 0 Å². The third-order valence-corrected chi connectivity index (χ3v) is 2.90. The van der Waals surface area contributed by atoms with E-state index in [0.717, 1.165) is 5.69 Å². The molecule has 0 aliphatic heterocycles. The van der Waals surface area contributed by atoms with E-state index in [-0.39, 0.29) is 6.10 Å². The molecule has 0 bridgehead atoms. The molecule has 3 heteroatoms. The summed E-state index contributed by atoms with van der Waals surface area (Å²) in [5.41, 5.74) is 2.22. The van der Waals surface area contributed by atoms with Crippen molar-refractivity contribution in [2.24, 2.45) is 5.92 Å². The summed E-state index contributed by atoms with van der Waals surface area (Å²) in [6.45, 7) is 4.74. The van der Waals surface area contributed by atoms with Crippen molar-refractivity contribution in [1.82, 2.24) is 9.55 Å². The van der Waals surface area contributed by atoms with Crippen molar-refractivity contribution in [2.45, 2.75) is 39.3 Å². The van der Waals surface area contributed by atoms with Crippen molar-refractivity contribution in [1.29, 1.82) is 0 Å². The number of aryl methyl sites for hydroxylation is 1. The Bertz CT molecular complexity index is 302. The lowest BCUT2D eigenvalue weighted by molar-refractivity contribution is 0.131. The standard InChI is InChI=1S/C10H16N2O/c1-7-8(2)12(6-11-7)5-10(13)9-3-4-9/h6,9-10,13H,3-5H2,1-2H3. The highest BCUT2D eigenvalue weighted by Gasteiger charge is 2.29. The van der Waals surface area contributed by atoms with Gasteiger partial charge in [0, 0.05) is 5.69 Å². The Balaban J connectivity index is 2.03. The Hall–Kier alpha value is -0.830. The van der Waals surface area contributed by atoms with Crippen molar-refractivity contribution in [3.8, 4) is 0 Å². The largest absolute Gasteiger partial charge is 0.391 e. The molecule has 1 atom stereocenters. The molecule has 3 nitrogen and oxygen atoms in total. The van der Waals surface area contributed by atoms with Crippen LogP contribution in [0.3, 0.4) is 0 Å². The minimum absolute atomic E-state index is 0.174. The molecule has 1 aliphatic carbocycles. The summed E-state index contributed by atoms with van der Waals surface area (Å²) in [6, 6.07) is 0. The molecule has 2 rings (SSSR count). The zero-order chi connectivity index (χ0) is 9.42. The molecule has 72 valence electrons. The maximum absolute atomic E-state index is 9.73. The molecule has 0 radical (unpaired) electrons. The Labute approximate surface area is 78.4 Å². The molecule has 0 spiro atoms. The maximum Gasteiger partial charge on any atom is 0.0952 e. The van der Waals surface area contributed by atoms with Crippen LogP contribution in [0, 0.1) is 19.8 Å². The molecule has 0 saturated heterocycles. The van der Waals surface area contributed by atoms with Crippen LogP contribution in [0.1, 0.15) is 24.2 Å². The fraction of sp³-hybridized carbons (Fsp3) is 0.700. The molecule has 1 unspecified atom stereocenters. The molecule has 0 aromatic carbocycles. The molecular weight excluding hydrogens is 164 g/mol. The van der Waals surface area contributed by atoms with Gasteiger partial charge in [0.1, 0.15) is 0 Å². The first-order valence-corrected chi connectivity index (χ1v) is 4.85. The number of rotatable bonds is 3. The highest BCUT2D eigenvalue weighted by atomic mass is 16.3. The first-order chi connectivity index (χ1) is 6.18. The molecule has 13 heavy (non-hydrogen) atoms. The normalized spacial score (nSPS) is 19.0. The SMILES string of the molecule is Cc1ncn(CC(O)C2CC2)c1C. The Morgan fingerprint density at radius 2 is 2.31 bits per heavy atom. The predicted octanol–water partition coefficient (Wildman–Crippen LogP) is 1.27. The average molecular weight is 180 g/mol. The Kier molecular flexibility index (Phi) is 2.12. The molecular formula is C10H16N2O. The number of hydrogen-bond acceptors (Lipinski definition) is 2. The fourth-order valence-corrected chi connectivity index (χ4v) is 1.56. The number of nitrogens with zero attached hydrogens (tertiary/aromatic N) is 2. The van der Waals surface area contributed by atoms with Crippen LogP contribution >= 0.6 is 0 Å². The van der Waals surface area contributed by atoms with Gasteiger partial charge in [0.15, 0.2) is 0 Å². The lowest BCUT2D eigenvalue weighted by Crippen LogP contribution is -2.18. The average Bonchev–Trinajstić information content (AvgIpc) is 2.89. The molecule has 1 N–H and O–H groups in total. The van der Waals surface area contributed by atoms with Crippen LogP contribution in [-0.4, -0.2) is 20.8 Å². The Morgan fingerprint density at radius 3 is 2.77 bits per heavy atom. The molecule has 1 aliphatic rings. The third kappa shape index (κ3) is 1.75. The van der Waals surface area contributed by atoms with E-state index in [1.54, 1.807) is 0 Å². The van der Waals surface area contributed by atoms with Gasteiger partial charge >= 0.3 is 0 Å². The van der Waals surface area contributed by atoms with Crippen molar-refractivity contribution < 1.29 is 5.11 Å². The van der Waals surface area contributed by atoms with Crippen LogP contribution in [0.15, 0.2) is 6.33 Å².